The number of aryl methyl sites for hydroxylation is 1. The van der Waals surface area contributed by atoms with E-state index in [0.29, 0.717) is 0 Å². The van der Waals surface area contributed by atoms with E-state index in [0.717, 1.165) is 23.3 Å². The number of para-hydroxylation sites is 1. The molecule has 1 unspecified atom stereocenters. The van der Waals surface area contributed by atoms with Crippen LogP contribution in [0.15, 0.2) is 48.5 Å². The third-order valence-electron chi connectivity index (χ3n) is 3.76. The van der Waals surface area contributed by atoms with Crippen molar-refractivity contribution in [3.05, 3.63) is 65.2 Å². The fourth-order valence-electron chi connectivity index (χ4n) is 2.33. The number of esters is 1. The number of halogens is 3. The molecule has 0 bridgehead atoms. The molecule has 2 rings (SSSR count). The van der Waals surface area contributed by atoms with Gasteiger partial charge in [-0.05, 0) is 37.1 Å². The molecule has 4 nitrogen and oxygen atoms in total. The van der Waals surface area contributed by atoms with E-state index in [1.807, 2.05) is 19.1 Å². The minimum atomic E-state index is -4.60. The molecule has 0 aromatic heterocycles. The monoisotopic (exact) mass is 365 g/mol. The van der Waals surface area contributed by atoms with Crippen LogP contribution in [-0.2, 0) is 26.9 Å². The number of hydrogen-bond acceptors (Lipinski definition) is 3. The summed E-state index contributed by atoms with van der Waals surface area (Å²) < 4.78 is 43.9. The first-order valence-electron chi connectivity index (χ1n) is 7.89. The van der Waals surface area contributed by atoms with Crippen molar-refractivity contribution in [2.75, 3.05) is 5.32 Å². The van der Waals surface area contributed by atoms with Crippen molar-refractivity contribution in [3.63, 3.8) is 0 Å². The second kappa shape index (κ2) is 8.03. The predicted octanol–water partition coefficient (Wildman–Crippen LogP) is 4.13. The van der Waals surface area contributed by atoms with Gasteiger partial charge in [0.05, 0.1) is 17.7 Å². The Morgan fingerprint density at radius 1 is 1.08 bits per heavy atom. The zero-order valence-electron chi connectivity index (χ0n) is 14.3. The first kappa shape index (κ1) is 19.5. The van der Waals surface area contributed by atoms with Gasteiger partial charge in [0, 0.05) is 0 Å². The number of ether oxygens (including phenoxy) is 1. The van der Waals surface area contributed by atoms with E-state index in [-0.39, 0.29) is 12.1 Å². The van der Waals surface area contributed by atoms with Crippen LogP contribution in [0, 0.1) is 6.92 Å². The maximum absolute atomic E-state index is 13.0. The fraction of sp³-hybridized carbons (Fsp3) is 0.263. The first-order valence-corrected chi connectivity index (χ1v) is 7.89. The average molecular weight is 365 g/mol. The smallest absolute Gasteiger partial charge is 0.418 e. The van der Waals surface area contributed by atoms with Gasteiger partial charge in [-0.25, -0.2) is 0 Å². The Hall–Kier alpha value is -2.83. The molecule has 0 aliphatic heterocycles. The van der Waals surface area contributed by atoms with E-state index in [2.05, 4.69) is 5.32 Å². The number of hydrogen-bond donors (Lipinski definition) is 1. The number of alkyl halides is 3. The molecule has 1 N–H and O–H groups in total. The number of anilines is 1. The zero-order valence-corrected chi connectivity index (χ0v) is 14.3. The van der Waals surface area contributed by atoms with Crippen molar-refractivity contribution < 1.29 is 27.5 Å². The van der Waals surface area contributed by atoms with Crippen LogP contribution in [0.25, 0.3) is 0 Å². The lowest BCUT2D eigenvalue weighted by Gasteiger charge is -2.17. The first-order chi connectivity index (χ1) is 12.2. The van der Waals surface area contributed by atoms with Crippen LogP contribution in [0.1, 0.15) is 23.6 Å². The largest absolute Gasteiger partial charge is 0.452 e. The third-order valence-corrected chi connectivity index (χ3v) is 3.76. The summed E-state index contributed by atoms with van der Waals surface area (Å²) in [6.07, 6.45) is -5.86. The number of benzene rings is 2. The van der Waals surface area contributed by atoms with Crippen LogP contribution in [0.5, 0.6) is 0 Å². The van der Waals surface area contributed by atoms with Gasteiger partial charge in [-0.3, -0.25) is 9.59 Å². The van der Waals surface area contributed by atoms with Gasteiger partial charge in [-0.1, -0.05) is 36.4 Å². The van der Waals surface area contributed by atoms with Crippen molar-refractivity contribution in [2.24, 2.45) is 0 Å². The van der Waals surface area contributed by atoms with Crippen molar-refractivity contribution in [1.29, 1.82) is 0 Å². The van der Waals surface area contributed by atoms with Crippen LogP contribution in [0.4, 0.5) is 18.9 Å². The highest BCUT2D eigenvalue weighted by molar-refractivity contribution is 5.95. The van der Waals surface area contributed by atoms with Crippen LogP contribution >= 0.6 is 0 Å². The highest BCUT2D eigenvalue weighted by Crippen LogP contribution is 2.34. The van der Waals surface area contributed by atoms with Crippen molar-refractivity contribution >= 4 is 17.6 Å². The van der Waals surface area contributed by atoms with Gasteiger partial charge in [0.1, 0.15) is 0 Å². The lowest BCUT2D eigenvalue weighted by molar-refractivity contribution is -0.152. The van der Waals surface area contributed by atoms with E-state index >= 15 is 0 Å². The minimum absolute atomic E-state index is 0.0244. The molecular formula is C19H18F3NO3. The molecule has 2 aromatic rings. The van der Waals surface area contributed by atoms with Crippen LogP contribution in [-0.4, -0.2) is 18.0 Å². The summed E-state index contributed by atoms with van der Waals surface area (Å²) in [6, 6.07) is 11.8. The van der Waals surface area contributed by atoms with Gasteiger partial charge in [-0.2, -0.15) is 13.2 Å². The van der Waals surface area contributed by atoms with E-state index in [9.17, 15) is 22.8 Å². The topological polar surface area (TPSA) is 55.4 Å². The Bertz CT molecular complexity index is 803. The molecule has 2 aromatic carbocycles. The molecule has 1 atom stereocenters. The zero-order chi connectivity index (χ0) is 19.3. The Balaban J connectivity index is 2.00. The van der Waals surface area contributed by atoms with Gasteiger partial charge in [-0.15, -0.1) is 0 Å². The van der Waals surface area contributed by atoms with Crippen molar-refractivity contribution in [2.45, 2.75) is 32.5 Å². The number of carbonyl (C=O) groups excluding carboxylic acids is 2. The Labute approximate surface area is 149 Å². The predicted molar refractivity (Wildman–Crippen MR) is 90.5 cm³/mol. The quantitative estimate of drug-likeness (QED) is 0.811. The van der Waals surface area contributed by atoms with E-state index < -0.39 is 29.7 Å². The second-order valence-electron chi connectivity index (χ2n) is 5.77. The van der Waals surface area contributed by atoms with Crippen molar-refractivity contribution in [3.8, 4) is 0 Å². The Kier molecular flexibility index (Phi) is 6.02. The molecule has 0 heterocycles. The average Bonchev–Trinajstić information content (AvgIpc) is 2.56. The molecule has 1 amide bonds. The van der Waals surface area contributed by atoms with E-state index in [1.54, 1.807) is 12.1 Å². The minimum Gasteiger partial charge on any atom is -0.452 e. The highest BCUT2D eigenvalue weighted by Gasteiger charge is 2.34. The summed E-state index contributed by atoms with van der Waals surface area (Å²) in [5.74, 6) is -1.47. The SMILES string of the molecule is Cc1ccccc1CC(=O)OC(C)C(=O)Nc1ccccc1C(F)(F)F. The maximum atomic E-state index is 13.0. The number of carbonyl (C=O) groups is 2. The van der Waals surface area contributed by atoms with Crippen molar-refractivity contribution in [1.82, 2.24) is 0 Å². The van der Waals surface area contributed by atoms with Crippen LogP contribution in [0.2, 0.25) is 0 Å². The number of amides is 1. The lowest BCUT2D eigenvalue weighted by atomic mass is 10.1. The third kappa shape index (κ3) is 5.08. The number of nitrogens with one attached hydrogen (secondary N) is 1. The summed E-state index contributed by atoms with van der Waals surface area (Å²) in [4.78, 5) is 24.1. The molecule has 0 aliphatic carbocycles. The molecular weight excluding hydrogens is 347 g/mol. The van der Waals surface area contributed by atoms with Crippen LogP contribution < -0.4 is 5.32 Å². The highest BCUT2D eigenvalue weighted by atomic mass is 19.4. The van der Waals surface area contributed by atoms with E-state index in [4.69, 9.17) is 4.74 Å². The molecule has 0 saturated heterocycles. The summed E-state index contributed by atoms with van der Waals surface area (Å²) in [5.41, 5.74) is 0.312. The molecule has 138 valence electrons. The fourth-order valence-corrected chi connectivity index (χ4v) is 2.33. The maximum Gasteiger partial charge on any atom is 0.418 e. The molecule has 26 heavy (non-hydrogen) atoms. The summed E-state index contributed by atoms with van der Waals surface area (Å²) in [5, 5.41) is 2.16. The van der Waals surface area contributed by atoms with Crippen LogP contribution in [0.3, 0.4) is 0 Å². The Morgan fingerprint density at radius 2 is 1.69 bits per heavy atom. The van der Waals surface area contributed by atoms with Gasteiger partial charge in [0.2, 0.25) is 0 Å². The van der Waals surface area contributed by atoms with Gasteiger partial charge in [0.15, 0.2) is 6.10 Å². The normalized spacial score (nSPS) is 12.3. The summed E-state index contributed by atoms with van der Waals surface area (Å²) >= 11 is 0. The molecule has 0 saturated carbocycles. The lowest BCUT2D eigenvalue weighted by Crippen LogP contribution is -2.31. The number of rotatable bonds is 5. The molecule has 0 fully saturated rings. The van der Waals surface area contributed by atoms with Gasteiger partial charge >= 0.3 is 12.1 Å². The summed E-state index contributed by atoms with van der Waals surface area (Å²) in [6.45, 7) is 3.15. The Morgan fingerprint density at radius 3 is 2.35 bits per heavy atom. The molecule has 0 aliphatic rings. The standard InChI is InChI=1S/C19H18F3NO3/c1-12-7-3-4-8-14(12)11-17(24)26-13(2)18(25)23-16-10-6-5-9-15(16)19(20,21)22/h3-10,13H,11H2,1-2H3,(H,23,25). The second-order valence-corrected chi connectivity index (χ2v) is 5.77. The van der Waals surface area contributed by atoms with E-state index in [1.165, 1.54) is 19.1 Å². The molecule has 7 heteroatoms. The van der Waals surface area contributed by atoms with Gasteiger partial charge < -0.3 is 10.1 Å². The molecule has 0 radical (unpaired) electrons. The molecule has 0 spiro atoms. The van der Waals surface area contributed by atoms with Gasteiger partial charge in [0.25, 0.3) is 5.91 Å². The summed E-state index contributed by atoms with van der Waals surface area (Å²) in [7, 11) is 0.